The standard InChI is InChI=1S/C11H21NO/c1-11(13-2)6-8-12(9-7-11)10-4-3-5-10/h10H,3-9H2,1-2H3. The third-order valence-electron chi connectivity index (χ3n) is 3.94. The van der Waals surface area contributed by atoms with Gasteiger partial charge in [0.05, 0.1) is 5.60 Å². The van der Waals surface area contributed by atoms with Gasteiger partial charge in [0.2, 0.25) is 0 Å². The fraction of sp³-hybridized carbons (Fsp3) is 1.00. The minimum absolute atomic E-state index is 0.167. The van der Waals surface area contributed by atoms with Crippen molar-refractivity contribution in [1.82, 2.24) is 4.90 Å². The molecule has 2 heteroatoms. The zero-order valence-electron chi connectivity index (χ0n) is 8.88. The molecule has 2 rings (SSSR count). The van der Waals surface area contributed by atoms with Gasteiger partial charge in [-0.05, 0) is 32.6 Å². The lowest BCUT2D eigenvalue weighted by Gasteiger charge is -2.44. The van der Waals surface area contributed by atoms with Crippen molar-refractivity contribution in [3.8, 4) is 0 Å². The Morgan fingerprint density at radius 3 is 2.23 bits per heavy atom. The van der Waals surface area contributed by atoms with E-state index >= 15 is 0 Å². The summed E-state index contributed by atoms with van der Waals surface area (Å²) in [6.07, 6.45) is 6.73. The Bertz CT molecular complexity index is 169. The maximum atomic E-state index is 5.53. The van der Waals surface area contributed by atoms with E-state index in [-0.39, 0.29) is 5.60 Å². The molecule has 2 fully saturated rings. The van der Waals surface area contributed by atoms with Crippen molar-refractivity contribution in [2.45, 2.75) is 50.7 Å². The number of ether oxygens (including phenoxy) is 1. The molecule has 13 heavy (non-hydrogen) atoms. The van der Waals surface area contributed by atoms with E-state index in [0.29, 0.717) is 0 Å². The molecule has 2 nitrogen and oxygen atoms in total. The van der Waals surface area contributed by atoms with Gasteiger partial charge in [-0.15, -0.1) is 0 Å². The van der Waals surface area contributed by atoms with Crippen LogP contribution in [0.3, 0.4) is 0 Å². The lowest BCUT2D eigenvalue weighted by molar-refractivity contribution is -0.0567. The molecule has 0 radical (unpaired) electrons. The van der Waals surface area contributed by atoms with E-state index in [2.05, 4.69) is 11.8 Å². The molecule has 1 aliphatic carbocycles. The molecule has 0 atom stereocenters. The molecule has 0 N–H and O–H groups in total. The van der Waals surface area contributed by atoms with Gasteiger partial charge in [0.1, 0.15) is 0 Å². The second-order valence-corrected chi connectivity index (χ2v) is 4.77. The maximum absolute atomic E-state index is 5.53. The average Bonchev–Trinajstić information content (AvgIpc) is 2.06. The molecule has 0 spiro atoms. The first kappa shape index (κ1) is 9.47. The second-order valence-electron chi connectivity index (χ2n) is 4.77. The van der Waals surface area contributed by atoms with Gasteiger partial charge in [-0.3, -0.25) is 0 Å². The van der Waals surface area contributed by atoms with Crippen LogP contribution in [-0.4, -0.2) is 36.7 Å². The minimum atomic E-state index is 0.167. The first-order valence-corrected chi connectivity index (χ1v) is 5.53. The van der Waals surface area contributed by atoms with Crippen LogP contribution in [-0.2, 0) is 4.74 Å². The van der Waals surface area contributed by atoms with E-state index in [0.717, 1.165) is 6.04 Å². The molecule has 0 aromatic carbocycles. The van der Waals surface area contributed by atoms with Gasteiger partial charge in [-0.2, -0.15) is 0 Å². The predicted octanol–water partition coefficient (Wildman–Crippen LogP) is 2.04. The van der Waals surface area contributed by atoms with E-state index in [4.69, 9.17) is 4.74 Å². The summed E-state index contributed by atoms with van der Waals surface area (Å²) in [5, 5.41) is 0. The molecular formula is C11H21NO. The number of piperidine rings is 1. The molecular weight excluding hydrogens is 162 g/mol. The lowest BCUT2D eigenvalue weighted by Crippen LogP contribution is -2.49. The van der Waals surface area contributed by atoms with Crippen LogP contribution in [0.5, 0.6) is 0 Å². The van der Waals surface area contributed by atoms with Gasteiger partial charge in [0, 0.05) is 26.2 Å². The number of nitrogens with zero attached hydrogens (tertiary/aromatic N) is 1. The first-order chi connectivity index (χ1) is 6.23. The van der Waals surface area contributed by atoms with Crippen molar-refractivity contribution in [3.05, 3.63) is 0 Å². The number of likely N-dealkylation sites (tertiary alicyclic amines) is 1. The molecule has 0 amide bonds. The van der Waals surface area contributed by atoms with E-state index in [1.54, 1.807) is 0 Å². The molecule has 1 aliphatic heterocycles. The van der Waals surface area contributed by atoms with Crippen molar-refractivity contribution in [3.63, 3.8) is 0 Å². The maximum Gasteiger partial charge on any atom is 0.0675 e. The van der Waals surface area contributed by atoms with Crippen LogP contribution in [0.4, 0.5) is 0 Å². The number of rotatable bonds is 2. The van der Waals surface area contributed by atoms with Crippen molar-refractivity contribution in [2.24, 2.45) is 0 Å². The summed E-state index contributed by atoms with van der Waals surface area (Å²) in [6.45, 7) is 4.73. The Hall–Kier alpha value is -0.0800. The molecule has 76 valence electrons. The first-order valence-electron chi connectivity index (χ1n) is 5.53. The van der Waals surface area contributed by atoms with Gasteiger partial charge in [-0.25, -0.2) is 0 Å². The minimum Gasteiger partial charge on any atom is -0.378 e. The highest BCUT2D eigenvalue weighted by Gasteiger charge is 2.34. The predicted molar refractivity (Wildman–Crippen MR) is 53.9 cm³/mol. The third-order valence-corrected chi connectivity index (χ3v) is 3.94. The van der Waals surface area contributed by atoms with Crippen LogP contribution in [0.1, 0.15) is 39.0 Å². The number of hydrogen-bond donors (Lipinski definition) is 0. The Labute approximate surface area is 81.3 Å². The fourth-order valence-corrected chi connectivity index (χ4v) is 2.32. The largest absolute Gasteiger partial charge is 0.378 e. The average molecular weight is 183 g/mol. The van der Waals surface area contributed by atoms with Crippen LogP contribution in [0.25, 0.3) is 0 Å². The summed E-state index contributed by atoms with van der Waals surface area (Å²) in [5.41, 5.74) is 0.167. The van der Waals surface area contributed by atoms with E-state index in [1.807, 2.05) is 7.11 Å². The molecule has 1 saturated heterocycles. The Balaban J connectivity index is 1.81. The quantitative estimate of drug-likeness (QED) is 0.649. The van der Waals surface area contributed by atoms with Crippen LogP contribution in [0.15, 0.2) is 0 Å². The highest BCUT2D eigenvalue weighted by Crippen LogP contribution is 2.31. The normalized spacial score (nSPS) is 30.0. The zero-order chi connectivity index (χ0) is 9.31. The van der Waals surface area contributed by atoms with Crippen molar-refractivity contribution >= 4 is 0 Å². The van der Waals surface area contributed by atoms with Gasteiger partial charge < -0.3 is 9.64 Å². The molecule has 2 aliphatic rings. The monoisotopic (exact) mass is 183 g/mol. The molecule has 1 heterocycles. The highest BCUT2D eigenvalue weighted by molar-refractivity contribution is 4.88. The van der Waals surface area contributed by atoms with Gasteiger partial charge in [0.25, 0.3) is 0 Å². The topological polar surface area (TPSA) is 12.5 Å². The van der Waals surface area contributed by atoms with E-state index < -0.39 is 0 Å². The van der Waals surface area contributed by atoms with Gasteiger partial charge >= 0.3 is 0 Å². The number of hydrogen-bond acceptors (Lipinski definition) is 2. The van der Waals surface area contributed by atoms with E-state index in [1.165, 1.54) is 45.2 Å². The summed E-state index contributed by atoms with van der Waals surface area (Å²) >= 11 is 0. The van der Waals surface area contributed by atoms with Crippen LogP contribution in [0.2, 0.25) is 0 Å². The highest BCUT2D eigenvalue weighted by atomic mass is 16.5. The Morgan fingerprint density at radius 1 is 1.23 bits per heavy atom. The van der Waals surface area contributed by atoms with Crippen LogP contribution >= 0.6 is 0 Å². The summed E-state index contributed by atoms with van der Waals surface area (Å²) in [6, 6.07) is 0.918. The van der Waals surface area contributed by atoms with Gasteiger partial charge in [-0.1, -0.05) is 6.42 Å². The molecule has 0 aromatic rings. The zero-order valence-corrected chi connectivity index (χ0v) is 8.88. The summed E-state index contributed by atoms with van der Waals surface area (Å²) in [4.78, 5) is 2.66. The molecule has 0 aromatic heterocycles. The summed E-state index contributed by atoms with van der Waals surface area (Å²) in [5.74, 6) is 0. The summed E-state index contributed by atoms with van der Waals surface area (Å²) < 4.78 is 5.53. The SMILES string of the molecule is COC1(C)CCN(C2CCC2)CC1. The summed E-state index contributed by atoms with van der Waals surface area (Å²) in [7, 11) is 1.85. The third kappa shape index (κ3) is 1.89. The van der Waals surface area contributed by atoms with Crippen LogP contribution < -0.4 is 0 Å². The Kier molecular flexibility index (Phi) is 2.61. The number of methoxy groups -OCH3 is 1. The van der Waals surface area contributed by atoms with Gasteiger partial charge in [0.15, 0.2) is 0 Å². The lowest BCUT2D eigenvalue weighted by atomic mass is 9.86. The second kappa shape index (κ2) is 3.58. The van der Waals surface area contributed by atoms with Crippen molar-refractivity contribution in [1.29, 1.82) is 0 Å². The van der Waals surface area contributed by atoms with Crippen molar-refractivity contribution in [2.75, 3.05) is 20.2 Å². The van der Waals surface area contributed by atoms with Crippen molar-refractivity contribution < 1.29 is 4.74 Å². The molecule has 1 saturated carbocycles. The van der Waals surface area contributed by atoms with E-state index in [9.17, 15) is 0 Å². The molecule has 0 unspecified atom stereocenters. The fourth-order valence-electron chi connectivity index (χ4n) is 2.32. The van der Waals surface area contributed by atoms with Crippen LogP contribution in [0, 0.1) is 0 Å². The Morgan fingerprint density at radius 2 is 1.85 bits per heavy atom. The molecule has 0 bridgehead atoms. The smallest absolute Gasteiger partial charge is 0.0675 e.